The average Bonchev–Trinajstić information content (AvgIpc) is 3.19. The van der Waals surface area contributed by atoms with Crippen LogP contribution in [-0.2, 0) is 17.8 Å². The Balaban J connectivity index is 1.42. The van der Waals surface area contributed by atoms with Gasteiger partial charge in [-0.05, 0) is 49.2 Å². The van der Waals surface area contributed by atoms with Gasteiger partial charge in [0.25, 0.3) is 5.91 Å². The standard InChI is InChI=1S/C27H28N4O3/c1-19-9-3-4-12-22(19)27(33)28-16-8-15-25-30-23-13-5-6-14-24(23)31(25)18-26(32)29-20-10-7-11-21(17-20)34-2/h3-7,9-14,17H,8,15-16,18H2,1-2H3,(H,28,33)(H,29,32). The van der Waals surface area contributed by atoms with Crippen molar-refractivity contribution >= 4 is 28.5 Å². The molecule has 0 radical (unpaired) electrons. The van der Waals surface area contributed by atoms with E-state index in [0.717, 1.165) is 22.4 Å². The lowest BCUT2D eigenvalue weighted by molar-refractivity contribution is -0.116. The molecule has 4 rings (SSSR count). The second kappa shape index (κ2) is 10.7. The summed E-state index contributed by atoms with van der Waals surface area (Å²) in [5, 5.41) is 5.91. The van der Waals surface area contributed by atoms with Gasteiger partial charge in [-0.3, -0.25) is 9.59 Å². The Kier molecular flexibility index (Phi) is 7.22. The predicted molar refractivity (Wildman–Crippen MR) is 133 cm³/mol. The highest BCUT2D eigenvalue weighted by molar-refractivity contribution is 5.95. The van der Waals surface area contributed by atoms with Gasteiger partial charge in [0.15, 0.2) is 0 Å². The van der Waals surface area contributed by atoms with Crippen LogP contribution in [0.1, 0.15) is 28.2 Å². The molecule has 0 aliphatic carbocycles. The number of fused-ring (bicyclic) bond motifs is 1. The van der Waals surface area contributed by atoms with Crippen molar-refractivity contribution in [3.8, 4) is 5.75 Å². The molecule has 0 fully saturated rings. The maximum absolute atomic E-state index is 12.8. The highest BCUT2D eigenvalue weighted by Gasteiger charge is 2.14. The highest BCUT2D eigenvalue weighted by Crippen LogP contribution is 2.19. The van der Waals surface area contributed by atoms with E-state index in [2.05, 4.69) is 10.6 Å². The van der Waals surface area contributed by atoms with Crippen molar-refractivity contribution in [3.63, 3.8) is 0 Å². The van der Waals surface area contributed by atoms with Crippen LogP contribution in [0, 0.1) is 6.92 Å². The van der Waals surface area contributed by atoms with E-state index >= 15 is 0 Å². The molecule has 0 aliphatic heterocycles. The fourth-order valence-electron chi connectivity index (χ4n) is 3.91. The number of amides is 2. The molecule has 174 valence electrons. The largest absolute Gasteiger partial charge is 0.497 e. The molecular formula is C27H28N4O3. The minimum absolute atomic E-state index is 0.0794. The van der Waals surface area contributed by atoms with Gasteiger partial charge >= 0.3 is 0 Å². The molecule has 7 nitrogen and oxygen atoms in total. The molecule has 1 aromatic heterocycles. The van der Waals surface area contributed by atoms with Gasteiger partial charge in [0.1, 0.15) is 18.1 Å². The Morgan fingerprint density at radius 2 is 1.79 bits per heavy atom. The Bertz CT molecular complexity index is 1310. The topological polar surface area (TPSA) is 85.2 Å². The number of carbonyl (C=O) groups excluding carboxylic acids is 2. The highest BCUT2D eigenvalue weighted by atomic mass is 16.5. The van der Waals surface area contributed by atoms with Gasteiger partial charge in [0, 0.05) is 30.3 Å². The quantitative estimate of drug-likeness (QED) is 0.367. The summed E-state index contributed by atoms with van der Waals surface area (Å²) in [6, 6.07) is 22.6. The molecule has 7 heteroatoms. The number of methoxy groups -OCH3 is 1. The Hall–Kier alpha value is -4.13. The number of carbonyl (C=O) groups is 2. The van der Waals surface area contributed by atoms with E-state index in [9.17, 15) is 9.59 Å². The van der Waals surface area contributed by atoms with E-state index in [1.807, 2.05) is 78.2 Å². The van der Waals surface area contributed by atoms with Gasteiger partial charge in [0.2, 0.25) is 5.91 Å². The minimum Gasteiger partial charge on any atom is -0.497 e. The van der Waals surface area contributed by atoms with Crippen molar-refractivity contribution < 1.29 is 14.3 Å². The zero-order valence-electron chi connectivity index (χ0n) is 19.4. The Morgan fingerprint density at radius 1 is 1.00 bits per heavy atom. The zero-order chi connectivity index (χ0) is 23.9. The molecule has 0 bridgehead atoms. The monoisotopic (exact) mass is 456 g/mol. The molecule has 2 N–H and O–H groups in total. The van der Waals surface area contributed by atoms with Crippen molar-refractivity contribution in [1.29, 1.82) is 0 Å². The number of ether oxygens (including phenoxy) is 1. The van der Waals surface area contributed by atoms with Crippen LogP contribution < -0.4 is 15.4 Å². The molecule has 0 saturated carbocycles. The Labute approximate surface area is 198 Å². The summed E-state index contributed by atoms with van der Waals surface area (Å²) in [7, 11) is 1.59. The maximum Gasteiger partial charge on any atom is 0.251 e. The summed E-state index contributed by atoms with van der Waals surface area (Å²) >= 11 is 0. The fourth-order valence-corrected chi connectivity index (χ4v) is 3.91. The van der Waals surface area contributed by atoms with E-state index in [1.165, 1.54) is 0 Å². The Morgan fingerprint density at radius 3 is 2.62 bits per heavy atom. The normalized spacial score (nSPS) is 10.8. The lowest BCUT2D eigenvalue weighted by Gasteiger charge is -2.11. The number of nitrogens with zero attached hydrogens (tertiary/aromatic N) is 2. The third-order valence-corrected chi connectivity index (χ3v) is 5.64. The van der Waals surface area contributed by atoms with Crippen LogP contribution in [0.25, 0.3) is 11.0 Å². The van der Waals surface area contributed by atoms with Crippen LogP contribution in [-0.4, -0.2) is 35.0 Å². The number of benzene rings is 3. The number of nitrogens with one attached hydrogen (secondary N) is 2. The van der Waals surface area contributed by atoms with E-state index in [4.69, 9.17) is 9.72 Å². The molecule has 0 spiro atoms. The third kappa shape index (κ3) is 5.43. The molecule has 0 saturated heterocycles. The van der Waals surface area contributed by atoms with Crippen molar-refractivity contribution in [2.24, 2.45) is 0 Å². The van der Waals surface area contributed by atoms with E-state index < -0.39 is 0 Å². The van der Waals surface area contributed by atoms with E-state index in [1.54, 1.807) is 13.2 Å². The van der Waals surface area contributed by atoms with Crippen LogP contribution >= 0.6 is 0 Å². The number of hydrogen-bond acceptors (Lipinski definition) is 4. The van der Waals surface area contributed by atoms with Gasteiger partial charge in [-0.1, -0.05) is 36.4 Å². The summed E-state index contributed by atoms with van der Waals surface area (Å²) in [4.78, 5) is 30.0. The van der Waals surface area contributed by atoms with Gasteiger partial charge in [-0.25, -0.2) is 4.98 Å². The van der Waals surface area contributed by atoms with E-state index in [-0.39, 0.29) is 18.4 Å². The summed E-state index contributed by atoms with van der Waals surface area (Å²) < 4.78 is 7.17. The molecule has 3 aromatic carbocycles. The van der Waals surface area contributed by atoms with Crippen molar-refractivity contribution in [2.45, 2.75) is 26.3 Å². The second-order valence-corrected chi connectivity index (χ2v) is 8.06. The predicted octanol–water partition coefficient (Wildman–Crippen LogP) is 4.35. The number of aromatic nitrogens is 2. The first-order chi connectivity index (χ1) is 16.5. The summed E-state index contributed by atoms with van der Waals surface area (Å²) in [5.41, 5.74) is 4.06. The van der Waals surface area contributed by atoms with E-state index in [0.29, 0.717) is 36.4 Å². The first-order valence-electron chi connectivity index (χ1n) is 11.3. The lowest BCUT2D eigenvalue weighted by Crippen LogP contribution is -2.26. The number of rotatable bonds is 9. The van der Waals surface area contributed by atoms with Crippen molar-refractivity contribution in [1.82, 2.24) is 14.9 Å². The van der Waals surface area contributed by atoms with Gasteiger partial charge in [-0.15, -0.1) is 0 Å². The molecule has 2 amide bonds. The zero-order valence-corrected chi connectivity index (χ0v) is 19.4. The van der Waals surface area contributed by atoms with Crippen LogP contribution in [0.15, 0.2) is 72.8 Å². The number of anilines is 1. The molecular weight excluding hydrogens is 428 g/mol. The van der Waals surface area contributed by atoms with Crippen LogP contribution in [0.5, 0.6) is 5.75 Å². The lowest BCUT2D eigenvalue weighted by atomic mass is 10.1. The second-order valence-electron chi connectivity index (χ2n) is 8.06. The fraction of sp³-hybridized carbons (Fsp3) is 0.222. The average molecular weight is 457 g/mol. The van der Waals surface area contributed by atoms with Crippen molar-refractivity contribution in [2.75, 3.05) is 19.0 Å². The minimum atomic E-state index is -0.148. The smallest absolute Gasteiger partial charge is 0.251 e. The summed E-state index contributed by atoms with van der Waals surface area (Å²) in [6.45, 7) is 2.59. The van der Waals surface area contributed by atoms with Crippen LogP contribution in [0.3, 0.4) is 0 Å². The SMILES string of the molecule is COc1cccc(NC(=O)Cn2c(CCCNC(=O)c3ccccc3C)nc3ccccc32)c1. The summed E-state index contributed by atoms with van der Waals surface area (Å²) in [5.74, 6) is 1.27. The van der Waals surface area contributed by atoms with Crippen LogP contribution in [0.4, 0.5) is 5.69 Å². The molecule has 1 heterocycles. The van der Waals surface area contributed by atoms with Gasteiger partial charge < -0.3 is 19.9 Å². The summed E-state index contributed by atoms with van der Waals surface area (Å²) in [6.07, 6.45) is 1.34. The van der Waals surface area contributed by atoms with Gasteiger partial charge in [-0.2, -0.15) is 0 Å². The van der Waals surface area contributed by atoms with Crippen LogP contribution in [0.2, 0.25) is 0 Å². The van der Waals surface area contributed by atoms with Gasteiger partial charge in [0.05, 0.1) is 18.1 Å². The molecule has 0 aliphatic rings. The molecule has 4 aromatic rings. The first kappa shape index (κ1) is 23.0. The number of aryl methyl sites for hydroxylation is 2. The van der Waals surface area contributed by atoms with Crippen molar-refractivity contribution in [3.05, 3.63) is 89.7 Å². The maximum atomic E-state index is 12.8. The first-order valence-corrected chi connectivity index (χ1v) is 11.3. The molecule has 34 heavy (non-hydrogen) atoms. The number of para-hydroxylation sites is 2. The molecule has 0 atom stereocenters. The third-order valence-electron chi connectivity index (χ3n) is 5.64. The molecule has 0 unspecified atom stereocenters. The number of hydrogen-bond donors (Lipinski definition) is 2. The number of imidazole rings is 1.